The van der Waals surface area contributed by atoms with Gasteiger partial charge in [-0.25, -0.2) is 4.98 Å². The van der Waals surface area contributed by atoms with E-state index in [2.05, 4.69) is 40.2 Å². The van der Waals surface area contributed by atoms with Crippen LogP contribution in [0.25, 0.3) is 0 Å². The number of hydrogen-bond acceptors (Lipinski definition) is 3. The van der Waals surface area contributed by atoms with Crippen LogP contribution in [0.1, 0.15) is 18.4 Å². The van der Waals surface area contributed by atoms with E-state index in [-0.39, 0.29) is 0 Å². The summed E-state index contributed by atoms with van der Waals surface area (Å²) in [4.78, 5) is 6.48. The Labute approximate surface area is 136 Å². The number of aromatic nitrogens is 1. The van der Waals surface area contributed by atoms with Crippen LogP contribution in [0, 0.1) is 5.92 Å². The second-order valence-corrected chi connectivity index (χ2v) is 6.21. The van der Waals surface area contributed by atoms with Gasteiger partial charge in [0, 0.05) is 19.2 Å². The molecule has 0 saturated carbocycles. The number of methoxy groups -OCH3 is 1. The number of benzene rings is 1. The monoisotopic (exact) mass is 316 g/mol. The summed E-state index contributed by atoms with van der Waals surface area (Å²) in [5.41, 5.74) is 2.47. The third-order valence-electron chi connectivity index (χ3n) is 4.34. The minimum atomic E-state index is 0.616. The highest BCUT2D eigenvalue weighted by atomic mass is 35.5. The van der Waals surface area contributed by atoms with E-state index in [1.54, 1.807) is 13.3 Å². The maximum absolute atomic E-state index is 6.29. The normalized spacial score (nSPS) is 15.8. The third-order valence-corrected chi connectivity index (χ3v) is 4.63. The molecule has 116 valence electrons. The Bertz CT molecular complexity index is 610. The van der Waals surface area contributed by atoms with Crippen LogP contribution in [-0.2, 0) is 6.42 Å². The third kappa shape index (κ3) is 3.53. The van der Waals surface area contributed by atoms with Gasteiger partial charge in [0.1, 0.15) is 0 Å². The molecule has 2 aromatic rings. The van der Waals surface area contributed by atoms with Crippen molar-refractivity contribution in [3.8, 4) is 5.88 Å². The van der Waals surface area contributed by atoms with Crippen LogP contribution < -0.4 is 9.64 Å². The van der Waals surface area contributed by atoms with E-state index >= 15 is 0 Å². The molecule has 0 radical (unpaired) electrons. The highest BCUT2D eigenvalue weighted by molar-refractivity contribution is 6.33. The fourth-order valence-electron chi connectivity index (χ4n) is 3.09. The topological polar surface area (TPSA) is 25.4 Å². The fraction of sp³-hybridized carbons (Fsp3) is 0.389. The molecule has 1 saturated heterocycles. The molecule has 2 heterocycles. The van der Waals surface area contributed by atoms with E-state index in [4.69, 9.17) is 16.3 Å². The van der Waals surface area contributed by atoms with E-state index in [0.29, 0.717) is 10.9 Å². The number of hydrogen-bond donors (Lipinski definition) is 0. The summed E-state index contributed by atoms with van der Waals surface area (Å²) in [6, 6.07) is 12.7. The van der Waals surface area contributed by atoms with Crippen molar-refractivity contribution in [3.63, 3.8) is 0 Å². The van der Waals surface area contributed by atoms with Crippen molar-refractivity contribution in [1.82, 2.24) is 4.98 Å². The Morgan fingerprint density at radius 2 is 1.95 bits per heavy atom. The van der Waals surface area contributed by atoms with Crippen LogP contribution in [0.3, 0.4) is 0 Å². The zero-order valence-electron chi connectivity index (χ0n) is 12.8. The van der Waals surface area contributed by atoms with Crippen molar-refractivity contribution >= 4 is 17.3 Å². The highest BCUT2D eigenvalue weighted by Crippen LogP contribution is 2.32. The molecule has 1 aliphatic rings. The summed E-state index contributed by atoms with van der Waals surface area (Å²) in [6.07, 6.45) is 5.22. The number of piperidine rings is 1. The smallest absolute Gasteiger partial charge is 0.215 e. The predicted octanol–water partition coefficient (Wildman–Crippen LogP) is 4.20. The molecule has 0 amide bonds. The van der Waals surface area contributed by atoms with E-state index < -0.39 is 0 Å². The van der Waals surface area contributed by atoms with Gasteiger partial charge in [-0.1, -0.05) is 41.9 Å². The summed E-state index contributed by atoms with van der Waals surface area (Å²) < 4.78 is 5.20. The number of rotatable bonds is 4. The van der Waals surface area contributed by atoms with Crippen molar-refractivity contribution in [1.29, 1.82) is 0 Å². The first-order valence-corrected chi connectivity index (χ1v) is 8.12. The summed E-state index contributed by atoms with van der Waals surface area (Å²) in [5.74, 6) is 1.37. The molecular formula is C18H21ClN2O. The Kier molecular flexibility index (Phi) is 4.84. The zero-order chi connectivity index (χ0) is 15.4. The summed E-state index contributed by atoms with van der Waals surface area (Å²) in [5, 5.41) is 0.697. The zero-order valence-corrected chi connectivity index (χ0v) is 13.6. The Morgan fingerprint density at radius 1 is 1.23 bits per heavy atom. The maximum atomic E-state index is 6.29. The van der Waals surface area contributed by atoms with Gasteiger partial charge < -0.3 is 9.64 Å². The Balaban J connectivity index is 1.62. The van der Waals surface area contributed by atoms with Gasteiger partial charge in [-0.05, 0) is 30.7 Å². The van der Waals surface area contributed by atoms with Gasteiger partial charge in [0.05, 0.1) is 24.0 Å². The van der Waals surface area contributed by atoms with Crippen LogP contribution >= 0.6 is 11.6 Å². The first kappa shape index (κ1) is 15.2. The average molecular weight is 317 g/mol. The summed E-state index contributed by atoms with van der Waals surface area (Å²) in [7, 11) is 1.63. The van der Waals surface area contributed by atoms with Crippen molar-refractivity contribution in [2.24, 2.45) is 5.92 Å². The van der Waals surface area contributed by atoms with Gasteiger partial charge in [-0.15, -0.1) is 0 Å². The molecule has 1 aromatic carbocycles. The van der Waals surface area contributed by atoms with Gasteiger partial charge in [-0.2, -0.15) is 0 Å². The SMILES string of the molecule is COc1cc(N2CCC(Cc3ccccc3)CC2)c(Cl)cn1. The molecule has 1 aromatic heterocycles. The second-order valence-electron chi connectivity index (χ2n) is 5.80. The van der Waals surface area contributed by atoms with E-state index in [0.717, 1.165) is 24.7 Å². The lowest BCUT2D eigenvalue weighted by Crippen LogP contribution is -2.34. The minimum absolute atomic E-state index is 0.616. The van der Waals surface area contributed by atoms with Crippen LogP contribution in [0.4, 0.5) is 5.69 Å². The molecular weight excluding hydrogens is 296 g/mol. The summed E-state index contributed by atoms with van der Waals surface area (Å²) >= 11 is 6.29. The lowest BCUT2D eigenvalue weighted by Gasteiger charge is -2.34. The lowest BCUT2D eigenvalue weighted by molar-refractivity contribution is 0.393. The van der Waals surface area contributed by atoms with E-state index in [1.807, 2.05) is 6.07 Å². The largest absolute Gasteiger partial charge is 0.481 e. The first-order chi connectivity index (χ1) is 10.8. The summed E-state index contributed by atoms with van der Waals surface area (Å²) in [6.45, 7) is 2.06. The van der Waals surface area contributed by atoms with Crippen LogP contribution in [0.5, 0.6) is 5.88 Å². The predicted molar refractivity (Wildman–Crippen MR) is 90.9 cm³/mol. The molecule has 0 bridgehead atoms. The van der Waals surface area contributed by atoms with Crippen LogP contribution in [0.15, 0.2) is 42.6 Å². The van der Waals surface area contributed by atoms with Gasteiger partial charge in [0.25, 0.3) is 0 Å². The fourth-order valence-corrected chi connectivity index (χ4v) is 3.31. The molecule has 22 heavy (non-hydrogen) atoms. The molecule has 0 N–H and O–H groups in total. The quantitative estimate of drug-likeness (QED) is 0.845. The molecule has 0 atom stereocenters. The number of halogens is 1. The molecule has 0 spiro atoms. The molecule has 0 aliphatic carbocycles. The number of pyridine rings is 1. The van der Waals surface area contributed by atoms with E-state index in [9.17, 15) is 0 Å². The van der Waals surface area contributed by atoms with Crippen molar-refractivity contribution < 1.29 is 4.74 Å². The standard InChI is InChI=1S/C18H21ClN2O/c1-22-18-12-17(16(19)13-20-18)21-9-7-15(8-10-21)11-14-5-3-2-4-6-14/h2-6,12-13,15H,7-11H2,1H3. The van der Waals surface area contributed by atoms with Crippen LogP contribution in [0.2, 0.25) is 5.02 Å². The second kappa shape index (κ2) is 7.01. The van der Waals surface area contributed by atoms with Crippen molar-refractivity contribution in [3.05, 3.63) is 53.2 Å². The Morgan fingerprint density at radius 3 is 2.64 bits per heavy atom. The minimum Gasteiger partial charge on any atom is -0.481 e. The molecule has 3 rings (SSSR count). The molecule has 3 nitrogen and oxygen atoms in total. The molecule has 0 unspecified atom stereocenters. The van der Waals surface area contributed by atoms with Gasteiger partial charge in [-0.3, -0.25) is 0 Å². The number of nitrogens with zero attached hydrogens (tertiary/aromatic N) is 2. The van der Waals surface area contributed by atoms with Crippen molar-refractivity contribution in [2.45, 2.75) is 19.3 Å². The average Bonchev–Trinajstić information content (AvgIpc) is 2.57. The number of ether oxygens (including phenoxy) is 1. The highest BCUT2D eigenvalue weighted by Gasteiger charge is 2.21. The molecule has 1 aliphatic heterocycles. The van der Waals surface area contributed by atoms with Gasteiger partial charge >= 0.3 is 0 Å². The van der Waals surface area contributed by atoms with Gasteiger partial charge in [0.2, 0.25) is 5.88 Å². The Hall–Kier alpha value is -1.74. The number of anilines is 1. The van der Waals surface area contributed by atoms with E-state index in [1.165, 1.54) is 24.8 Å². The van der Waals surface area contributed by atoms with Gasteiger partial charge in [0.15, 0.2) is 0 Å². The van der Waals surface area contributed by atoms with Crippen LogP contribution in [-0.4, -0.2) is 25.2 Å². The first-order valence-electron chi connectivity index (χ1n) is 7.74. The molecule has 4 heteroatoms. The van der Waals surface area contributed by atoms with Crippen molar-refractivity contribution in [2.75, 3.05) is 25.1 Å². The molecule has 1 fully saturated rings. The lowest BCUT2D eigenvalue weighted by atomic mass is 9.90. The maximum Gasteiger partial charge on any atom is 0.215 e.